The number of anilines is 2. The Hall–Kier alpha value is -4.11. The van der Waals surface area contributed by atoms with Gasteiger partial charge in [0.1, 0.15) is 6.07 Å². The summed E-state index contributed by atoms with van der Waals surface area (Å²) < 4.78 is 0. The molecule has 2 saturated heterocycles. The summed E-state index contributed by atoms with van der Waals surface area (Å²) in [6, 6.07) is 22.3. The van der Waals surface area contributed by atoms with E-state index >= 15 is 0 Å². The van der Waals surface area contributed by atoms with Crippen LogP contribution in [-0.2, 0) is 6.42 Å². The van der Waals surface area contributed by atoms with E-state index in [1.165, 1.54) is 11.1 Å². The highest BCUT2D eigenvalue weighted by atomic mass is 16.2. The first kappa shape index (κ1) is 28.4. The van der Waals surface area contributed by atoms with E-state index in [2.05, 4.69) is 34.9 Å². The quantitative estimate of drug-likeness (QED) is 0.330. The van der Waals surface area contributed by atoms with Crippen molar-refractivity contribution in [3.05, 3.63) is 94.0 Å². The van der Waals surface area contributed by atoms with Crippen molar-refractivity contribution in [3.8, 4) is 6.07 Å². The number of piperidine rings is 1. The SMILES string of the molecule is CCC(=O)c1ccccc1N1CCN(C(=O)c2cc(CC3CCN(c4ccccc4C#N)CC3)c(C)cc2C)CC1. The minimum atomic E-state index is 0.101. The van der Waals surface area contributed by atoms with Crippen LogP contribution in [0.3, 0.4) is 0 Å². The second-order valence-corrected chi connectivity index (χ2v) is 11.4. The third-order valence-electron chi connectivity index (χ3n) is 8.83. The van der Waals surface area contributed by atoms with E-state index < -0.39 is 0 Å². The van der Waals surface area contributed by atoms with Gasteiger partial charge in [0, 0.05) is 62.5 Å². The molecule has 5 rings (SSSR count). The highest BCUT2D eigenvalue weighted by Gasteiger charge is 2.27. The summed E-state index contributed by atoms with van der Waals surface area (Å²) in [4.78, 5) is 32.7. The second kappa shape index (κ2) is 12.6. The number of ketones is 1. The van der Waals surface area contributed by atoms with Crippen molar-refractivity contribution in [2.75, 3.05) is 49.1 Å². The fraction of sp³-hybridized carbons (Fsp3) is 0.400. The summed E-state index contributed by atoms with van der Waals surface area (Å²) in [5.74, 6) is 0.808. The largest absolute Gasteiger partial charge is 0.370 e. The predicted octanol–water partition coefficient (Wildman–Crippen LogP) is 6.19. The number of piperazine rings is 1. The number of para-hydroxylation sites is 2. The van der Waals surface area contributed by atoms with Crippen LogP contribution in [0.1, 0.15) is 69.2 Å². The monoisotopic (exact) mass is 548 g/mol. The first-order chi connectivity index (χ1) is 19.9. The van der Waals surface area contributed by atoms with Gasteiger partial charge in [0.2, 0.25) is 0 Å². The van der Waals surface area contributed by atoms with E-state index in [4.69, 9.17) is 0 Å². The molecule has 6 heteroatoms. The van der Waals surface area contributed by atoms with Gasteiger partial charge in [0.25, 0.3) is 5.91 Å². The van der Waals surface area contributed by atoms with Gasteiger partial charge in [-0.2, -0.15) is 5.26 Å². The van der Waals surface area contributed by atoms with Gasteiger partial charge in [-0.25, -0.2) is 0 Å². The molecule has 41 heavy (non-hydrogen) atoms. The molecular formula is C35H40N4O2. The van der Waals surface area contributed by atoms with Crippen LogP contribution in [0.25, 0.3) is 0 Å². The van der Waals surface area contributed by atoms with Crippen molar-refractivity contribution in [2.24, 2.45) is 5.92 Å². The van der Waals surface area contributed by atoms with Crippen molar-refractivity contribution >= 4 is 23.1 Å². The molecule has 0 aliphatic carbocycles. The molecule has 0 aromatic heterocycles. The molecule has 0 radical (unpaired) electrons. The smallest absolute Gasteiger partial charge is 0.254 e. The van der Waals surface area contributed by atoms with Crippen LogP contribution in [0, 0.1) is 31.1 Å². The lowest BCUT2D eigenvalue weighted by atomic mass is 9.86. The average Bonchev–Trinajstić information content (AvgIpc) is 3.02. The number of hydrogen-bond acceptors (Lipinski definition) is 5. The predicted molar refractivity (Wildman–Crippen MR) is 165 cm³/mol. The zero-order valence-electron chi connectivity index (χ0n) is 24.5. The third kappa shape index (κ3) is 6.15. The maximum Gasteiger partial charge on any atom is 0.254 e. The number of rotatable bonds is 7. The number of nitriles is 1. The number of benzene rings is 3. The van der Waals surface area contributed by atoms with Crippen LogP contribution in [0.4, 0.5) is 11.4 Å². The molecule has 0 atom stereocenters. The first-order valence-electron chi connectivity index (χ1n) is 14.9. The molecule has 3 aromatic rings. The lowest BCUT2D eigenvalue weighted by Crippen LogP contribution is -2.49. The van der Waals surface area contributed by atoms with E-state index in [9.17, 15) is 14.9 Å². The minimum absolute atomic E-state index is 0.101. The Morgan fingerprint density at radius 2 is 1.44 bits per heavy atom. The van der Waals surface area contributed by atoms with Crippen LogP contribution in [-0.4, -0.2) is 55.9 Å². The van der Waals surface area contributed by atoms with Crippen LogP contribution in [0.5, 0.6) is 0 Å². The van der Waals surface area contributed by atoms with Gasteiger partial charge in [0.15, 0.2) is 5.78 Å². The zero-order chi connectivity index (χ0) is 28.9. The zero-order valence-corrected chi connectivity index (χ0v) is 24.5. The Balaban J connectivity index is 1.23. The Morgan fingerprint density at radius 3 is 2.12 bits per heavy atom. The van der Waals surface area contributed by atoms with Crippen molar-refractivity contribution in [3.63, 3.8) is 0 Å². The van der Waals surface area contributed by atoms with Gasteiger partial charge < -0.3 is 14.7 Å². The van der Waals surface area contributed by atoms with E-state index in [1.807, 2.05) is 67.3 Å². The Morgan fingerprint density at radius 1 is 0.805 bits per heavy atom. The molecule has 212 valence electrons. The summed E-state index contributed by atoms with van der Waals surface area (Å²) >= 11 is 0. The summed E-state index contributed by atoms with van der Waals surface area (Å²) in [5, 5.41) is 9.50. The topological polar surface area (TPSA) is 67.7 Å². The molecule has 2 aliphatic heterocycles. The highest BCUT2D eigenvalue weighted by molar-refractivity contribution is 6.01. The lowest BCUT2D eigenvalue weighted by molar-refractivity contribution is 0.0745. The molecule has 0 saturated carbocycles. The number of nitrogens with zero attached hydrogens (tertiary/aromatic N) is 4. The van der Waals surface area contributed by atoms with Crippen molar-refractivity contribution in [1.29, 1.82) is 5.26 Å². The standard InChI is InChI=1S/C35H40N4O2/c1-4-34(40)30-10-6-8-12-33(30)38-17-19-39(20-18-38)35(41)31-23-29(25(2)21-26(31)3)22-27-13-15-37(16-14-27)32-11-7-5-9-28(32)24-36/h5-12,21,23,27H,4,13-20,22H2,1-3H3. The molecule has 6 nitrogen and oxygen atoms in total. The van der Waals surface area contributed by atoms with E-state index in [-0.39, 0.29) is 11.7 Å². The Labute approximate surface area is 244 Å². The van der Waals surface area contributed by atoms with Crippen LogP contribution in [0.2, 0.25) is 0 Å². The van der Waals surface area contributed by atoms with Crippen LogP contribution < -0.4 is 9.80 Å². The van der Waals surface area contributed by atoms with Crippen molar-refractivity contribution in [1.82, 2.24) is 4.90 Å². The Bertz CT molecular complexity index is 1460. The molecule has 0 N–H and O–H groups in total. The molecule has 2 aliphatic rings. The number of amides is 1. The van der Waals surface area contributed by atoms with Gasteiger partial charge in [-0.1, -0.05) is 37.3 Å². The molecular weight excluding hydrogens is 508 g/mol. The average molecular weight is 549 g/mol. The van der Waals surface area contributed by atoms with E-state index in [0.717, 1.165) is 66.0 Å². The van der Waals surface area contributed by atoms with Crippen molar-refractivity contribution in [2.45, 2.75) is 46.5 Å². The maximum absolute atomic E-state index is 13.7. The molecule has 2 heterocycles. The number of carbonyl (C=O) groups is 2. The summed E-state index contributed by atoms with van der Waals surface area (Å²) in [5.41, 5.74) is 7.87. The van der Waals surface area contributed by atoms with Crippen molar-refractivity contribution < 1.29 is 9.59 Å². The number of hydrogen-bond donors (Lipinski definition) is 0. The summed E-state index contributed by atoms with van der Waals surface area (Å²) in [7, 11) is 0. The Kier molecular flexibility index (Phi) is 8.73. The van der Waals surface area contributed by atoms with Crippen LogP contribution in [0.15, 0.2) is 60.7 Å². The van der Waals surface area contributed by atoms with E-state index in [1.54, 1.807) is 0 Å². The van der Waals surface area contributed by atoms with Gasteiger partial charge in [-0.3, -0.25) is 9.59 Å². The normalized spacial score (nSPS) is 16.0. The molecule has 0 bridgehead atoms. The highest BCUT2D eigenvalue weighted by Crippen LogP contribution is 2.30. The van der Waals surface area contributed by atoms with Gasteiger partial charge in [0.05, 0.1) is 11.3 Å². The maximum atomic E-state index is 13.7. The lowest BCUT2D eigenvalue weighted by Gasteiger charge is -2.37. The molecule has 0 spiro atoms. The third-order valence-corrected chi connectivity index (χ3v) is 8.83. The van der Waals surface area contributed by atoms with Gasteiger partial charge >= 0.3 is 0 Å². The van der Waals surface area contributed by atoms with E-state index in [0.29, 0.717) is 38.5 Å². The number of aryl methyl sites for hydroxylation is 2. The molecule has 3 aromatic carbocycles. The number of Topliss-reactive ketones (excluding diaryl/α,β-unsaturated/α-hetero) is 1. The minimum Gasteiger partial charge on any atom is -0.370 e. The fourth-order valence-electron chi connectivity index (χ4n) is 6.38. The summed E-state index contributed by atoms with van der Waals surface area (Å²) in [6.45, 7) is 10.7. The molecule has 0 unspecified atom stereocenters. The second-order valence-electron chi connectivity index (χ2n) is 11.4. The molecule has 2 fully saturated rings. The molecule has 1 amide bonds. The van der Waals surface area contributed by atoms with Crippen LogP contribution >= 0.6 is 0 Å². The van der Waals surface area contributed by atoms with Gasteiger partial charge in [-0.15, -0.1) is 0 Å². The summed E-state index contributed by atoms with van der Waals surface area (Å²) in [6.07, 6.45) is 3.59. The first-order valence-corrected chi connectivity index (χ1v) is 14.9. The number of carbonyl (C=O) groups excluding carboxylic acids is 2. The fourth-order valence-corrected chi connectivity index (χ4v) is 6.38. The van der Waals surface area contributed by atoms with Gasteiger partial charge in [-0.05, 0) is 86.1 Å².